The van der Waals surface area contributed by atoms with E-state index >= 15 is 0 Å². The topological polar surface area (TPSA) is 64.6 Å². The Hall–Kier alpha value is -1.73. The molecule has 0 spiro atoms. The van der Waals surface area contributed by atoms with Gasteiger partial charge in [0.1, 0.15) is 5.60 Å². The second-order valence-corrected chi connectivity index (χ2v) is 6.06. The van der Waals surface area contributed by atoms with E-state index in [2.05, 4.69) is 10.1 Å². The van der Waals surface area contributed by atoms with Crippen LogP contribution in [0.25, 0.3) is 0 Å². The summed E-state index contributed by atoms with van der Waals surface area (Å²) in [5.74, 6) is -1.36. The summed E-state index contributed by atoms with van der Waals surface area (Å²) < 4.78 is 45.2. The summed E-state index contributed by atoms with van der Waals surface area (Å²) in [7, 11) is 0. The summed E-state index contributed by atoms with van der Waals surface area (Å²) in [6.45, 7) is 3.54. The van der Waals surface area contributed by atoms with E-state index in [1.165, 1.54) is 0 Å². The van der Waals surface area contributed by atoms with Crippen molar-refractivity contribution in [3.8, 4) is 0 Å². The molecule has 0 unspecified atom stereocenters. The molecular weight excluding hydrogens is 303 g/mol. The van der Waals surface area contributed by atoms with Crippen molar-refractivity contribution in [3.63, 3.8) is 0 Å². The number of halogens is 3. The lowest BCUT2D eigenvalue weighted by Crippen LogP contribution is -2.41. The standard InChI is InChI=1S/C14H20F3NO4/c1-13(2,3)22-12(20)18-10-6-4-5-9(10)7-11(19)21-8-14(15,16)17/h4-5,9-10H,6-8H2,1-3H3,(H,18,20)/t9-,10+/m0/s1. The molecule has 5 nitrogen and oxygen atoms in total. The molecule has 1 amide bonds. The van der Waals surface area contributed by atoms with Crippen LogP contribution < -0.4 is 5.32 Å². The highest BCUT2D eigenvalue weighted by Gasteiger charge is 2.32. The Labute approximate surface area is 126 Å². The van der Waals surface area contributed by atoms with E-state index in [9.17, 15) is 22.8 Å². The molecular formula is C14H20F3NO4. The van der Waals surface area contributed by atoms with Crippen molar-refractivity contribution in [2.75, 3.05) is 6.61 Å². The number of esters is 1. The predicted molar refractivity (Wildman–Crippen MR) is 72.0 cm³/mol. The van der Waals surface area contributed by atoms with Crippen molar-refractivity contribution >= 4 is 12.1 Å². The average molecular weight is 323 g/mol. The maximum absolute atomic E-state index is 12.0. The van der Waals surface area contributed by atoms with Crippen LogP contribution in [0.5, 0.6) is 0 Å². The Balaban J connectivity index is 2.44. The molecule has 1 aliphatic rings. The van der Waals surface area contributed by atoms with E-state index in [0.717, 1.165) is 0 Å². The molecule has 0 aromatic rings. The van der Waals surface area contributed by atoms with Gasteiger partial charge in [-0.3, -0.25) is 4.79 Å². The number of alkyl carbamates (subject to hydrolysis) is 1. The van der Waals surface area contributed by atoms with Crippen molar-refractivity contribution < 1.29 is 32.2 Å². The molecule has 0 aliphatic heterocycles. The molecule has 1 N–H and O–H groups in total. The summed E-state index contributed by atoms with van der Waals surface area (Å²) in [6, 6.07) is -0.395. The number of carbonyl (C=O) groups is 2. The summed E-state index contributed by atoms with van der Waals surface area (Å²) >= 11 is 0. The summed E-state index contributed by atoms with van der Waals surface area (Å²) in [5, 5.41) is 2.61. The van der Waals surface area contributed by atoms with Crippen LogP contribution >= 0.6 is 0 Å². The number of hydrogen-bond acceptors (Lipinski definition) is 4. The molecule has 0 aromatic heterocycles. The minimum Gasteiger partial charge on any atom is -0.456 e. The largest absolute Gasteiger partial charge is 0.456 e. The van der Waals surface area contributed by atoms with Gasteiger partial charge in [-0.2, -0.15) is 13.2 Å². The maximum Gasteiger partial charge on any atom is 0.422 e. The Morgan fingerprint density at radius 3 is 2.45 bits per heavy atom. The number of rotatable bonds is 4. The van der Waals surface area contributed by atoms with Gasteiger partial charge in [-0.05, 0) is 27.2 Å². The molecule has 0 bridgehead atoms. The Morgan fingerprint density at radius 1 is 1.27 bits per heavy atom. The third-order valence-corrected chi connectivity index (χ3v) is 2.79. The van der Waals surface area contributed by atoms with Crippen molar-refractivity contribution in [2.45, 2.75) is 51.4 Å². The van der Waals surface area contributed by atoms with E-state index in [0.29, 0.717) is 6.42 Å². The molecule has 2 atom stereocenters. The zero-order chi connectivity index (χ0) is 17.0. The molecule has 0 aromatic carbocycles. The van der Waals surface area contributed by atoms with Crippen LogP contribution in [0.1, 0.15) is 33.6 Å². The van der Waals surface area contributed by atoms with Gasteiger partial charge >= 0.3 is 18.2 Å². The minimum absolute atomic E-state index is 0.229. The van der Waals surface area contributed by atoms with Crippen LogP contribution in [-0.2, 0) is 14.3 Å². The van der Waals surface area contributed by atoms with E-state index in [-0.39, 0.29) is 6.42 Å². The Morgan fingerprint density at radius 2 is 1.91 bits per heavy atom. The van der Waals surface area contributed by atoms with Crippen molar-refractivity contribution in [1.82, 2.24) is 5.32 Å². The van der Waals surface area contributed by atoms with Gasteiger partial charge in [0.05, 0.1) is 6.42 Å². The van der Waals surface area contributed by atoms with Crippen LogP contribution in [-0.4, -0.2) is 36.5 Å². The van der Waals surface area contributed by atoms with Gasteiger partial charge in [-0.25, -0.2) is 4.79 Å². The third kappa shape index (κ3) is 7.33. The lowest BCUT2D eigenvalue weighted by molar-refractivity contribution is -0.186. The molecule has 1 aliphatic carbocycles. The van der Waals surface area contributed by atoms with Gasteiger partial charge in [0, 0.05) is 12.0 Å². The number of ether oxygens (including phenoxy) is 2. The van der Waals surface area contributed by atoms with Crippen molar-refractivity contribution in [1.29, 1.82) is 0 Å². The minimum atomic E-state index is -4.55. The summed E-state index contributed by atoms with van der Waals surface area (Å²) in [6.07, 6.45) is -1.49. The fourth-order valence-electron chi connectivity index (χ4n) is 1.96. The molecule has 0 saturated carbocycles. The van der Waals surface area contributed by atoms with Crippen LogP contribution in [0, 0.1) is 5.92 Å². The van der Waals surface area contributed by atoms with E-state index in [4.69, 9.17) is 4.74 Å². The first-order valence-corrected chi connectivity index (χ1v) is 6.85. The van der Waals surface area contributed by atoms with Crippen molar-refractivity contribution in [2.24, 2.45) is 5.92 Å². The monoisotopic (exact) mass is 323 g/mol. The first kappa shape index (κ1) is 18.3. The van der Waals surface area contributed by atoms with E-state index < -0.39 is 42.4 Å². The maximum atomic E-state index is 12.0. The van der Waals surface area contributed by atoms with Crippen LogP contribution in [0.4, 0.5) is 18.0 Å². The summed E-state index contributed by atoms with van der Waals surface area (Å²) in [5.41, 5.74) is -0.656. The van der Waals surface area contributed by atoms with E-state index in [1.54, 1.807) is 32.9 Å². The molecule has 0 saturated heterocycles. The smallest absolute Gasteiger partial charge is 0.422 e. The Kier molecular flexibility index (Phi) is 5.85. The van der Waals surface area contributed by atoms with Crippen LogP contribution in [0.2, 0.25) is 0 Å². The molecule has 0 heterocycles. The number of nitrogens with one attached hydrogen (secondary N) is 1. The quantitative estimate of drug-likeness (QED) is 0.638. The highest BCUT2D eigenvalue weighted by molar-refractivity contribution is 5.71. The zero-order valence-electron chi connectivity index (χ0n) is 12.7. The molecule has 8 heteroatoms. The first-order valence-electron chi connectivity index (χ1n) is 6.85. The van der Waals surface area contributed by atoms with Gasteiger partial charge in [0.2, 0.25) is 0 Å². The molecule has 126 valence electrons. The number of hydrogen-bond donors (Lipinski definition) is 1. The average Bonchev–Trinajstić information content (AvgIpc) is 2.70. The Bertz CT molecular complexity index is 440. The fourth-order valence-corrected chi connectivity index (χ4v) is 1.96. The van der Waals surface area contributed by atoms with Gasteiger partial charge in [0.25, 0.3) is 0 Å². The molecule has 1 rings (SSSR count). The van der Waals surface area contributed by atoms with Gasteiger partial charge < -0.3 is 14.8 Å². The molecule has 22 heavy (non-hydrogen) atoms. The van der Waals surface area contributed by atoms with E-state index in [1.807, 2.05) is 0 Å². The predicted octanol–water partition coefficient (Wildman–Crippen LogP) is 2.95. The highest BCUT2D eigenvalue weighted by atomic mass is 19.4. The number of alkyl halides is 3. The number of amides is 1. The van der Waals surface area contributed by atoms with Gasteiger partial charge in [-0.1, -0.05) is 12.2 Å². The lowest BCUT2D eigenvalue weighted by Gasteiger charge is -2.24. The lowest BCUT2D eigenvalue weighted by atomic mass is 10.00. The zero-order valence-corrected chi connectivity index (χ0v) is 12.7. The second kappa shape index (κ2) is 7.02. The van der Waals surface area contributed by atoms with Crippen LogP contribution in [0.15, 0.2) is 12.2 Å². The second-order valence-electron chi connectivity index (χ2n) is 6.06. The SMILES string of the molecule is CC(C)(C)OC(=O)N[C@@H]1CC=C[C@H]1CC(=O)OCC(F)(F)F. The molecule has 0 fully saturated rings. The fraction of sp³-hybridized carbons (Fsp3) is 0.714. The summed E-state index contributed by atoms with van der Waals surface area (Å²) in [4.78, 5) is 23.1. The van der Waals surface area contributed by atoms with Gasteiger partial charge in [0.15, 0.2) is 6.61 Å². The molecule has 0 radical (unpaired) electrons. The van der Waals surface area contributed by atoms with Crippen LogP contribution in [0.3, 0.4) is 0 Å². The highest BCUT2D eigenvalue weighted by Crippen LogP contribution is 2.23. The third-order valence-electron chi connectivity index (χ3n) is 2.79. The van der Waals surface area contributed by atoms with Gasteiger partial charge in [-0.15, -0.1) is 0 Å². The number of carbonyl (C=O) groups excluding carboxylic acids is 2. The normalized spacial score (nSPS) is 21.5. The first-order chi connectivity index (χ1) is 9.96. The van der Waals surface area contributed by atoms with Crippen molar-refractivity contribution in [3.05, 3.63) is 12.2 Å².